The zero-order valence-electron chi connectivity index (χ0n) is 22.4. The van der Waals surface area contributed by atoms with Crippen molar-refractivity contribution in [1.82, 2.24) is 9.80 Å². The molecule has 0 aliphatic carbocycles. The molecule has 2 atom stereocenters. The van der Waals surface area contributed by atoms with Crippen molar-refractivity contribution in [2.24, 2.45) is 5.92 Å². The van der Waals surface area contributed by atoms with Crippen LogP contribution in [0.3, 0.4) is 0 Å². The summed E-state index contributed by atoms with van der Waals surface area (Å²) < 4.78 is 72.4. The average molecular weight is 533 g/mol. The maximum Gasteiger partial charge on any atom is 0.257 e. The summed E-state index contributed by atoms with van der Waals surface area (Å²) in [5, 5.41) is 0. The van der Waals surface area contributed by atoms with E-state index in [0.29, 0.717) is 36.9 Å². The molecule has 2 nitrogen and oxygen atoms in total. The highest BCUT2D eigenvalue weighted by atomic mass is 19.3. The second-order valence-electron chi connectivity index (χ2n) is 11.0. The molecule has 0 aromatic heterocycles. The topological polar surface area (TPSA) is 6.48 Å². The summed E-state index contributed by atoms with van der Waals surface area (Å²) in [5.41, 5.74) is 3.82. The SMILES string of the molecule is C=Cc1ccc(C2=C(C)C(c3c(F)cc(CC4CN(CCCF)C4)cc3F)N(CC(C)(F)F)[C@H](C)C2)cc1. The molecule has 0 bridgehead atoms. The van der Waals surface area contributed by atoms with Crippen molar-refractivity contribution in [3.63, 3.8) is 0 Å². The number of hydrogen-bond acceptors (Lipinski definition) is 2. The Labute approximate surface area is 222 Å². The molecule has 0 saturated carbocycles. The van der Waals surface area contributed by atoms with Crippen LogP contribution in [0.25, 0.3) is 11.6 Å². The van der Waals surface area contributed by atoms with E-state index in [1.165, 1.54) is 17.0 Å². The van der Waals surface area contributed by atoms with Crippen molar-refractivity contribution >= 4 is 11.6 Å². The van der Waals surface area contributed by atoms with Crippen LogP contribution in [0.1, 0.15) is 61.9 Å². The lowest BCUT2D eigenvalue weighted by molar-refractivity contribution is -0.0360. The van der Waals surface area contributed by atoms with Crippen molar-refractivity contribution in [1.29, 1.82) is 0 Å². The molecular formula is C31H37F5N2. The average Bonchev–Trinajstić information content (AvgIpc) is 2.83. The first-order valence-electron chi connectivity index (χ1n) is 13.3. The summed E-state index contributed by atoms with van der Waals surface area (Å²) >= 11 is 0. The third kappa shape index (κ3) is 6.37. The van der Waals surface area contributed by atoms with Crippen LogP contribution in [-0.2, 0) is 6.42 Å². The lowest BCUT2D eigenvalue weighted by Gasteiger charge is -2.44. The van der Waals surface area contributed by atoms with Gasteiger partial charge in [-0.2, -0.15) is 0 Å². The molecular weight excluding hydrogens is 495 g/mol. The monoisotopic (exact) mass is 532 g/mol. The minimum Gasteiger partial charge on any atom is -0.303 e. The molecule has 0 radical (unpaired) electrons. The number of hydrogen-bond donors (Lipinski definition) is 0. The second kappa shape index (κ2) is 11.7. The molecule has 2 aromatic rings. The van der Waals surface area contributed by atoms with Crippen LogP contribution in [-0.4, -0.2) is 54.6 Å². The van der Waals surface area contributed by atoms with Crippen LogP contribution in [0.4, 0.5) is 22.0 Å². The van der Waals surface area contributed by atoms with E-state index in [-0.39, 0.29) is 24.2 Å². The summed E-state index contributed by atoms with van der Waals surface area (Å²) in [6.45, 7) is 9.53. The Kier molecular flexibility index (Phi) is 8.78. The van der Waals surface area contributed by atoms with Gasteiger partial charge in [-0.3, -0.25) is 9.29 Å². The summed E-state index contributed by atoms with van der Waals surface area (Å²) in [7, 11) is 0. The molecule has 1 fully saturated rings. The smallest absolute Gasteiger partial charge is 0.257 e. The predicted molar refractivity (Wildman–Crippen MR) is 144 cm³/mol. The molecule has 206 valence electrons. The van der Waals surface area contributed by atoms with Crippen LogP contribution in [0.2, 0.25) is 0 Å². The highest BCUT2D eigenvalue weighted by molar-refractivity contribution is 5.72. The number of benzene rings is 2. The fourth-order valence-corrected chi connectivity index (χ4v) is 5.98. The molecule has 0 spiro atoms. The van der Waals surface area contributed by atoms with E-state index in [1.807, 2.05) is 31.2 Å². The molecule has 2 heterocycles. The summed E-state index contributed by atoms with van der Waals surface area (Å²) in [5.74, 6) is -4.19. The van der Waals surface area contributed by atoms with Gasteiger partial charge in [0.15, 0.2) is 0 Å². The van der Waals surface area contributed by atoms with Crippen molar-refractivity contribution in [3.8, 4) is 0 Å². The van der Waals surface area contributed by atoms with Crippen LogP contribution < -0.4 is 0 Å². The van der Waals surface area contributed by atoms with Gasteiger partial charge in [0.25, 0.3) is 5.92 Å². The molecule has 0 amide bonds. The normalized spacial score (nSPS) is 21.6. The van der Waals surface area contributed by atoms with Gasteiger partial charge in [0, 0.05) is 38.2 Å². The maximum atomic E-state index is 15.7. The summed E-state index contributed by atoms with van der Waals surface area (Å²) in [6.07, 6.45) is 3.24. The third-order valence-electron chi connectivity index (χ3n) is 7.82. The standard InChI is InChI=1S/C31H37F5N2/c1-5-22-7-9-25(10-8-22)26-13-20(2)38(19-31(4,35)36)30(21(26)3)29-27(33)15-23(16-28(29)34)14-24-17-37(18-24)12-6-11-32/h5,7-10,15-16,20,24,30H,1,6,11-14,17-19H2,2-4H3/t20-,30?/m1/s1. The zero-order chi connectivity index (χ0) is 27.6. The Balaban J connectivity index is 1.68. The number of rotatable bonds is 10. The minimum absolute atomic E-state index is 0.180. The van der Waals surface area contributed by atoms with Crippen molar-refractivity contribution in [2.75, 3.05) is 32.9 Å². The molecule has 1 saturated heterocycles. The van der Waals surface area contributed by atoms with Crippen molar-refractivity contribution in [2.45, 2.75) is 58.0 Å². The van der Waals surface area contributed by atoms with Crippen LogP contribution >= 0.6 is 0 Å². The van der Waals surface area contributed by atoms with E-state index in [1.54, 1.807) is 13.0 Å². The molecule has 0 N–H and O–H groups in total. The predicted octanol–water partition coefficient (Wildman–Crippen LogP) is 7.71. The quantitative estimate of drug-likeness (QED) is 0.289. The Hall–Kier alpha value is -2.51. The molecule has 7 heteroatoms. The molecule has 2 aliphatic heterocycles. The molecule has 2 aromatic carbocycles. The van der Waals surface area contributed by atoms with Crippen LogP contribution in [0.15, 0.2) is 48.6 Å². The van der Waals surface area contributed by atoms with E-state index in [4.69, 9.17) is 0 Å². The van der Waals surface area contributed by atoms with Crippen molar-refractivity contribution < 1.29 is 22.0 Å². The first-order chi connectivity index (χ1) is 18.0. The Bertz CT molecular complexity index is 1140. The highest BCUT2D eigenvalue weighted by Crippen LogP contribution is 2.45. The van der Waals surface area contributed by atoms with E-state index in [2.05, 4.69) is 11.5 Å². The maximum absolute atomic E-state index is 15.7. The van der Waals surface area contributed by atoms with E-state index in [0.717, 1.165) is 36.7 Å². The lowest BCUT2D eigenvalue weighted by Crippen LogP contribution is -2.48. The fraction of sp³-hybridized carbons (Fsp3) is 0.484. The number of halogens is 5. The molecule has 4 rings (SSSR count). The van der Waals surface area contributed by atoms with Gasteiger partial charge in [0.1, 0.15) is 11.6 Å². The summed E-state index contributed by atoms with van der Waals surface area (Å²) in [4.78, 5) is 3.67. The van der Waals surface area contributed by atoms with Crippen LogP contribution in [0, 0.1) is 17.6 Å². The zero-order valence-corrected chi connectivity index (χ0v) is 22.4. The Morgan fingerprint density at radius 2 is 1.71 bits per heavy atom. The second-order valence-corrected chi connectivity index (χ2v) is 11.0. The molecule has 1 unspecified atom stereocenters. The first kappa shape index (κ1) is 28.5. The Morgan fingerprint density at radius 1 is 1.08 bits per heavy atom. The van der Waals surface area contributed by atoms with Gasteiger partial charge < -0.3 is 4.90 Å². The van der Waals surface area contributed by atoms with Gasteiger partial charge in [-0.05, 0) is 79.0 Å². The third-order valence-corrected chi connectivity index (χ3v) is 7.82. The van der Waals surface area contributed by atoms with Crippen molar-refractivity contribution in [3.05, 3.63) is 82.4 Å². The fourth-order valence-electron chi connectivity index (χ4n) is 5.98. The van der Waals surface area contributed by atoms with Gasteiger partial charge in [0.2, 0.25) is 0 Å². The van der Waals surface area contributed by atoms with Gasteiger partial charge in [0.05, 0.1) is 19.3 Å². The van der Waals surface area contributed by atoms with Crippen LogP contribution in [0.5, 0.6) is 0 Å². The molecule has 2 aliphatic rings. The Morgan fingerprint density at radius 3 is 2.26 bits per heavy atom. The van der Waals surface area contributed by atoms with Gasteiger partial charge in [-0.15, -0.1) is 0 Å². The van der Waals surface area contributed by atoms with Gasteiger partial charge in [-0.1, -0.05) is 36.9 Å². The first-order valence-corrected chi connectivity index (χ1v) is 13.3. The summed E-state index contributed by atoms with van der Waals surface area (Å²) in [6, 6.07) is 9.13. The van der Waals surface area contributed by atoms with Gasteiger partial charge in [-0.25, -0.2) is 17.6 Å². The minimum atomic E-state index is -3.03. The van der Waals surface area contributed by atoms with E-state index < -0.39 is 30.1 Å². The number of alkyl halides is 3. The molecule has 38 heavy (non-hydrogen) atoms. The van der Waals surface area contributed by atoms with E-state index in [9.17, 15) is 13.2 Å². The van der Waals surface area contributed by atoms with Gasteiger partial charge >= 0.3 is 0 Å². The lowest BCUT2D eigenvalue weighted by atomic mass is 9.81. The van der Waals surface area contributed by atoms with E-state index >= 15 is 8.78 Å². The highest BCUT2D eigenvalue weighted by Gasteiger charge is 2.40. The largest absolute Gasteiger partial charge is 0.303 e. The number of nitrogens with zero attached hydrogens (tertiary/aromatic N) is 2. The number of likely N-dealkylation sites (tertiary alicyclic amines) is 1.